The van der Waals surface area contributed by atoms with Gasteiger partial charge in [-0.1, -0.05) is 39.0 Å². The summed E-state index contributed by atoms with van der Waals surface area (Å²) in [6, 6.07) is 8.91. The smallest absolute Gasteiger partial charge is 0.338 e. The third-order valence-corrected chi connectivity index (χ3v) is 4.66. The Kier molecular flexibility index (Phi) is 5.77. The minimum atomic E-state index is -0.473. The summed E-state index contributed by atoms with van der Waals surface area (Å²) in [5, 5.41) is 7.50. The molecule has 1 heterocycles. The van der Waals surface area contributed by atoms with Gasteiger partial charge in [-0.3, -0.25) is 5.41 Å². The molecule has 23 heavy (non-hydrogen) atoms. The number of esters is 1. The molecule has 5 heteroatoms. The van der Waals surface area contributed by atoms with E-state index < -0.39 is 6.29 Å². The van der Waals surface area contributed by atoms with E-state index in [1.54, 1.807) is 31.2 Å². The maximum absolute atomic E-state index is 12.1. The van der Waals surface area contributed by atoms with Crippen molar-refractivity contribution in [3.05, 3.63) is 35.9 Å². The van der Waals surface area contributed by atoms with Crippen LogP contribution in [-0.2, 0) is 14.2 Å². The van der Waals surface area contributed by atoms with Crippen molar-refractivity contribution in [3.8, 4) is 0 Å². The largest absolute Gasteiger partial charge is 0.459 e. The zero-order chi connectivity index (χ0) is 17.0. The Morgan fingerprint density at radius 2 is 1.78 bits per heavy atom. The summed E-state index contributed by atoms with van der Waals surface area (Å²) in [7, 11) is 0. The van der Waals surface area contributed by atoms with E-state index in [0.717, 1.165) is 0 Å². The lowest BCUT2D eigenvalue weighted by molar-refractivity contribution is -0.225. The van der Waals surface area contributed by atoms with Crippen LogP contribution in [0.25, 0.3) is 0 Å². The van der Waals surface area contributed by atoms with Gasteiger partial charge in [0.2, 0.25) is 6.29 Å². The van der Waals surface area contributed by atoms with Crippen molar-refractivity contribution in [3.63, 3.8) is 0 Å². The van der Waals surface area contributed by atoms with Gasteiger partial charge >= 0.3 is 5.97 Å². The fraction of sp³-hybridized carbons (Fsp3) is 0.556. The van der Waals surface area contributed by atoms with Gasteiger partial charge in [-0.25, -0.2) is 4.79 Å². The van der Waals surface area contributed by atoms with Crippen molar-refractivity contribution in [1.29, 1.82) is 5.41 Å². The van der Waals surface area contributed by atoms with Crippen molar-refractivity contribution in [2.75, 3.05) is 6.61 Å². The predicted octanol–water partition coefficient (Wildman–Crippen LogP) is 3.49. The summed E-state index contributed by atoms with van der Waals surface area (Å²) >= 11 is 0. The van der Waals surface area contributed by atoms with E-state index in [9.17, 15) is 4.79 Å². The first-order valence-electron chi connectivity index (χ1n) is 7.99. The maximum Gasteiger partial charge on any atom is 0.338 e. The van der Waals surface area contributed by atoms with E-state index in [0.29, 0.717) is 11.5 Å². The number of nitrogens with one attached hydrogen (secondary N) is 1. The summed E-state index contributed by atoms with van der Waals surface area (Å²) in [4.78, 5) is 12.1. The van der Waals surface area contributed by atoms with Crippen LogP contribution in [0.2, 0.25) is 0 Å². The molecule has 126 valence electrons. The van der Waals surface area contributed by atoms with E-state index >= 15 is 0 Å². The SMILES string of the molecule is CC(=N)OC1OC(COC(=O)c2ccccc2)C(C)C(C)C1C. The van der Waals surface area contributed by atoms with Gasteiger partial charge in [0.25, 0.3) is 0 Å². The molecule has 1 saturated heterocycles. The van der Waals surface area contributed by atoms with Crippen LogP contribution in [0, 0.1) is 23.2 Å². The summed E-state index contributed by atoms with van der Waals surface area (Å²) in [6.07, 6.45) is -0.711. The third-order valence-electron chi connectivity index (χ3n) is 4.66. The van der Waals surface area contributed by atoms with Crippen LogP contribution in [0.4, 0.5) is 0 Å². The predicted molar refractivity (Wildman–Crippen MR) is 87.4 cm³/mol. The molecule has 2 rings (SSSR count). The average molecular weight is 319 g/mol. The first-order valence-corrected chi connectivity index (χ1v) is 7.99. The van der Waals surface area contributed by atoms with Gasteiger partial charge in [0.15, 0.2) is 5.90 Å². The molecule has 1 aliphatic heterocycles. The lowest BCUT2D eigenvalue weighted by atomic mass is 9.79. The molecular formula is C18H25NO4. The molecule has 5 unspecified atom stereocenters. The van der Waals surface area contributed by atoms with Crippen molar-refractivity contribution < 1.29 is 19.0 Å². The lowest BCUT2D eigenvalue weighted by Crippen LogP contribution is -2.48. The minimum absolute atomic E-state index is 0.128. The molecule has 0 aromatic heterocycles. The second-order valence-electron chi connectivity index (χ2n) is 6.26. The number of hydrogen-bond donors (Lipinski definition) is 1. The van der Waals surface area contributed by atoms with Gasteiger partial charge in [-0.2, -0.15) is 0 Å². The number of hydrogen-bond acceptors (Lipinski definition) is 5. The molecule has 0 saturated carbocycles. The van der Waals surface area contributed by atoms with Crippen LogP contribution < -0.4 is 0 Å². The van der Waals surface area contributed by atoms with Crippen LogP contribution >= 0.6 is 0 Å². The molecule has 0 amide bonds. The van der Waals surface area contributed by atoms with Gasteiger partial charge in [-0.05, 0) is 24.0 Å². The normalized spacial score (nSPS) is 30.5. The van der Waals surface area contributed by atoms with Crippen molar-refractivity contribution >= 4 is 11.9 Å². The monoisotopic (exact) mass is 319 g/mol. The molecule has 5 atom stereocenters. The molecule has 0 bridgehead atoms. The third kappa shape index (κ3) is 4.32. The highest BCUT2D eigenvalue weighted by Crippen LogP contribution is 2.35. The zero-order valence-corrected chi connectivity index (χ0v) is 14.1. The van der Waals surface area contributed by atoms with Crippen LogP contribution in [0.5, 0.6) is 0 Å². The summed E-state index contributed by atoms with van der Waals surface area (Å²) in [5.74, 6) is 0.524. The quantitative estimate of drug-likeness (QED) is 0.524. The molecular weight excluding hydrogens is 294 g/mol. The molecule has 1 aromatic carbocycles. The number of rotatable bonds is 4. The zero-order valence-electron chi connectivity index (χ0n) is 14.1. The van der Waals surface area contributed by atoms with E-state index in [1.807, 2.05) is 6.07 Å². The van der Waals surface area contributed by atoms with Gasteiger partial charge in [0.1, 0.15) is 6.61 Å². The number of ether oxygens (including phenoxy) is 3. The van der Waals surface area contributed by atoms with E-state index in [1.165, 1.54) is 0 Å². The van der Waals surface area contributed by atoms with E-state index in [4.69, 9.17) is 19.6 Å². The Hall–Kier alpha value is -1.88. The average Bonchev–Trinajstić information content (AvgIpc) is 2.54. The highest BCUT2D eigenvalue weighted by atomic mass is 16.7. The lowest BCUT2D eigenvalue weighted by Gasteiger charge is -2.42. The van der Waals surface area contributed by atoms with Crippen molar-refractivity contribution in [1.82, 2.24) is 0 Å². The fourth-order valence-corrected chi connectivity index (χ4v) is 2.80. The Morgan fingerprint density at radius 3 is 2.39 bits per heavy atom. The van der Waals surface area contributed by atoms with Gasteiger partial charge < -0.3 is 14.2 Å². The minimum Gasteiger partial charge on any atom is -0.459 e. The molecule has 1 N–H and O–H groups in total. The molecule has 0 spiro atoms. The topological polar surface area (TPSA) is 68.6 Å². The molecule has 1 fully saturated rings. The van der Waals surface area contributed by atoms with Crippen LogP contribution in [0.1, 0.15) is 38.1 Å². The van der Waals surface area contributed by atoms with Gasteiger partial charge in [0, 0.05) is 12.8 Å². The molecule has 1 aromatic rings. The second-order valence-corrected chi connectivity index (χ2v) is 6.26. The Bertz CT molecular complexity index is 545. The standard InChI is InChI=1S/C18H25NO4/c1-11-12(2)16(23-18(13(11)3)22-14(4)19)10-21-17(20)15-8-6-5-7-9-15/h5-9,11-13,16,18-19H,10H2,1-4H3. The van der Waals surface area contributed by atoms with Crippen LogP contribution in [0.3, 0.4) is 0 Å². The number of carbonyl (C=O) groups is 1. The summed E-state index contributed by atoms with van der Waals surface area (Å²) < 4.78 is 16.8. The first kappa shape index (κ1) is 17.5. The van der Waals surface area contributed by atoms with E-state index in [2.05, 4.69) is 20.8 Å². The van der Waals surface area contributed by atoms with E-state index in [-0.39, 0.29) is 36.4 Å². The molecule has 0 radical (unpaired) electrons. The summed E-state index contributed by atoms with van der Waals surface area (Å²) in [6.45, 7) is 8.06. The number of benzene rings is 1. The second kappa shape index (κ2) is 7.59. The number of carbonyl (C=O) groups excluding carboxylic acids is 1. The highest BCUT2D eigenvalue weighted by molar-refractivity contribution is 5.89. The molecule has 5 nitrogen and oxygen atoms in total. The Balaban J connectivity index is 1.97. The van der Waals surface area contributed by atoms with Crippen LogP contribution in [-0.4, -0.2) is 30.9 Å². The van der Waals surface area contributed by atoms with Crippen molar-refractivity contribution in [2.24, 2.45) is 17.8 Å². The van der Waals surface area contributed by atoms with Crippen molar-refractivity contribution in [2.45, 2.75) is 40.1 Å². The van der Waals surface area contributed by atoms with Gasteiger partial charge in [0.05, 0.1) is 11.7 Å². The Morgan fingerprint density at radius 1 is 1.13 bits per heavy atom. The van der Waals surface area contributed by atoms with Crippen LogP contribution in [0.15, 0.2) is 30.3 Å². The Labute approximate surface area is 137 Å². The molecule has 1 aliphatic rings. The fourth-order valence-electron chi connectivity index (χ4n) is 2.80. The first-order chi connectivity index (χ1) is 10.9. The maximum atomic E-state index is 12.1. The van der Waals surface area contributed by atoms with Gasteiger partial charge in [-0.15, -0.1) is 0 Å². The molecule has 0 aliphatic carbocycles. The summed E-state index contributed by atoms with van der Waals surface area (Å²) in [5.41, 5.74) is 0.528. The highest BCUT2D eigenvalue weighted by Gasteiger charge is 2.40.